The molecule has 0 spiro atoms. The second-order valence-corrected chi connectivity index (χ2v) is 5.01. The van der Waals surface area contributed by atoms with E-state index in [1.165, 1.54) is 36.4 Å². The van der Waals surface area contributed by atoms with Gasteiger partial charge in [0.1, 0.15) is 17.7 Å². The minimum atomic E-state index is -2.57. The third-order valence-corrected chi connectivity index (χ3v) is 3.58. The molecule has 0 aliphatic carbocycles. The Kier molecular flexibility index (Phi) is 3.59. The maximum Gasteiger partial charge on any atom is 0.263 e. The van der Waals surface area contributed by atoms with E-state index < -0.39 is 24.5 Å². The summed E-state index contributed by atoms with van der Waals surface area (Å²) in [5, 5.41) is 10.1. The van der Waals surface area contributed by atoms with Crippen LogP contribution in [0.4, 0.5) is 13.2 Å². The van der Waals surface area contributed by atoms with Gasteiger partial charge in [-0.1, -0.05) is 18.2 Å². The van der Waals surface area contributed by atoms with Gasteiger partial charge in [-0.05, 0) is 23.8 Å². The van der Waals surface area contributed by atoms with Gasteiger partial charge in [0, 0.05) is 23.6 Å². The lowest BCUT2D eigenvalue weighted by Crippen LogP contribution is -2.19. The van der Waals surface area contributed by atoms with Crippen LogP contribution >= 0.6 is 0 Å². The van der Waals surface area contributed by atoms with Crippen LogP contribution in [0.1, 0.15) is 41.7 Å². The van der Waals surface area contributed by atoms with Crippen molar-refractivity contribution in [2.75, 3.05) is 0 Å². The molecule has 2 aromatic carbocycles. The summed E-state index contributed by atoms with van der Waals surface area (Å²) in [5.41, 5.74) is 0.954. The number of fused-ring (bicyclic) bond motifs is 1. The highest BCUT2D eigenvalue weighted by Crippen LogP contribution is 2.41. The summed E-state index contributed by atoms with van der Waals surface area (Å²) in [6.45, 7) is 0. The number of hydrogen-bond acceptors (Lipinski definition) is 2. The number of rotatable bonds is 2. The molecule has 1 unspecified atom stereocenters. The molecule has 1 aliphatic rings. The molecular formula is C16H13F3O2. The van der Waals surface area contributed by atoms with E-state index in [0.29, 0.717) is 11.1 Å². The highest BCUT2D eigenvalue weighted by Gasteiger charge is 2.28. The predicted octanol–water partition coefficient (Wildman–Crippen LogP) is 4.32. The molecule has 0 saturated heterocycles. The molecule has 2 atom stereocenters. The van der Waals surface area contributed by atoms with E-state index in [1.807, 2.05) is 0 Å². The first-order valence-corrected chi connectivity index (χ1v) is 6.57. The van der Waals surface area contributed by atoms with Crippen LogP contribution in [0, 0.1) is 5.82 Å². The molecule has 0 radical (unpaired) electrons. The van der Waals surface area contributed by atoms with Crippen molar-refractivity contribution < 1.29 is 23.0 Å². The Labute approximate surface area is 119 Å². The van der Waals surface area contributed by atoms with Gasteiger partial charge in [-0.2, -0.15) is 0 Å². The summed E-state index contributed by atoms with van der Waals surface area (Å²) in [4.78, 5) is 0. The second kappa shape index (κ2) is 5.41. The van der Waals surface area contributed by atoms with Crippen molar-refractivity contribution in [3.05, 3.63) is 65.0 Å². The standard InChI is InChI=1S/C16H13F3O2/c17-11-4-5-12-13(20)8-14(21-15(12)7-11)9-2-1-3-10(6-9)16(18)19/h1-7,13-14,16,20H,8H2/t13-,14?/m1/s1. The minimum absolute atomic E-state index is 0.101. The molecule has 0 saturated carbocycles. The summed E-state index contributed by atoms with van der Waals surface area (Å²) in [5.74, 6) is -0.218. The summed E-state index contributed by atoms with van der Waals surface area (Å²) in [6, 6.07) is 9.79. The van der Waals surface area contributed by atoms with Crippen molar-refractivity contribution in [3.8, 4) is 5.75 Å². The van der Waals surface area contributed by atoms with E-state index in [9.17, 15) is 18.3 Å². The number of hydrogen-bond donors (Lipinski definition) is 1. The van der Waals surface area contributed by atoms with Crippen LogP contribution < -0.4 is 4.74 Å². The topological polar surface area (TPSA) is 29.5 Å². The van der Waals surface area contributed by atoms with Crippen LogP contribution in [0.15, 0.2) is 42.5 Å². The van der Waals surface area contributed by atoms with Gasteiger partial charge in [-0.25, -0.2) is 13.2 Å². The Morgan fingerprint density at radius 1 is 1.14 bits per heavy atom. The first kappa shape index (κ1) is 13.9. The quantitative estimate of drug-likeness (QED) is 0.893. The zero-order valence-electron chi connectivity index (χ0n) is 11.0. The molecule has 21 heavy (non-hydrogen) atoms. The molecular weight excluding hydrogens is 281 g/mol. The fourth-order valence-corrected chi connectivity index (χ4v) is 2.52. The Bertz CT molecular complexity index is 658. The van der Waals surface area contributed by atoms with Gasteiger partial charge >= 0.3 is 0 Å². The highest BCUT2D eigenvalue weighted by atomic mass is 19.3. The fraction of sp³-hybridized carbons (Fsp3) is 0.250. The molecule has 1 heterocycles. The van der Waals surface area contributed by atoms with Crippen LogP contribution in [0.2, 0.25) is 0 Å². The lowest BCUT2D eigenvalue weighted by molar-refractivity contribution is 0.0651. The third-order valence-electron chi connectivity index (χ3n) is 3.58. The predicted molar refractivity (Wildman–Crippen MR) is 70.7 cm³/mol. The molecule has 3 rings (SSSR count). The van der Waals surface area contributed by atoms with Crippen LogP contribution in [-0.2, 0) is 0 Å². The van der Waals surface area contributed by atoms with Crippen molar-refractivity contribution in [2.24, 2.45) is 0 Å². The number of benzene rings is 2. The van der Waals surface area contributed by atoms with E-state index in [2.05, 4.69) is 0 Å². The van der Waals surface area contributed by atoms with Crippen molar-refractivity contribution >= 4 is 0 Å². The maximum atomic E-state index is 13.3. The molecule has 0 amide bonds. The Morgan fingerprint density at radius 2 is 1.95 bits per heavy atom. The van der Waals surface area contributed by atoms with E-state index in [0.717, 1.165) is 0 Å². The van der Waals surface area contributed by atoms with Gasteiger partial charge in [0.15, 0.2) is 0 Å². The number of ether oxygens (including phenoxy) is 1. The Morgan fingerprint density at radius 3 is 2.71 bits per heavy atom. The molecule has 5 heteroatoms. The Hall–Kier alpha value is -2.01. The number of alkyl halides is 2. The van der Waals surface area contributed by atoms with E-state index in [4.69, 9.17) is 4.74 Å². The molecule has 0 bridgehead atoms. The Balaban J connectivity index is 1.93. The van der Waals surface area contributed by atoms with Crippen molar-refractivity contribution in [1.29, 1.82) is 0 Å². The van der Waals surface area contributed by atoms with Gasteiger partial charge in [0.2, 0.25) is 0 Å². The summed E-state index contributed by atoms with van der Waals surface area (Å²) >= 11 is 0. The largest absolute Gasteiger partial charge is 0.485 e. The molecule has 110 valence electrons. The smallest absolute Gasteiger partial charge is 0.263 e. The SMILES string of the molecule is O[C@@H]1CC(c2cccc(C(F)F)c2)Oc2cc(F)ccc21. The summed E-state index contributed by atoms with van der Waals surface area (Å²) in [6.07, 6.45) is -3.71. The van der Waals surface area contributed by atoms with Gasteiger partial charge in [0.25, 0.3) is 6.43 Å². The van der Waals surface area contributed by atoms with E-state index >= 15 is 0 Å². The zero-order chi connectivity index (χ0) is 15.0. The van der Waals surface area contributed by atoms with E-state index in [1.54, 1.807) is 6.07 Å². The van der Waals surface area contributed by atoms with Gasteiger partial charge in [-0.3, -0.25) is 0 Å². The monoisotopic (exact) mass is 294 g/mol. The number of aliphatic hydroxyl groups excluding tert-OH is 1. The number of halogens is 3. The van der Waals surface area contributed by atoms with Crippen LogP contribution in [0.25, 0.3) is 0 Å². The van der Waals surface area contributed by atoms with Gasteiger partial charge in [-0.15, -0.1) is 0 Å². The lowest BCUT2D eigenvalue weighted by Gasteiger charge is -2.30. The van der Waals surface area contributed by atoms with Crippen LogP contribution in [-0.4, -0.2) is 5.11 Å². The molecule has 2 nitrogen and oxygen atoms in total. The third kappa shape index (κ3) is 2.74. The van der Waals surface area contributed by atoms with Crippen molar-refractivity contribution in [2.45, 2.75) is 25.1 Å². The normalized spacial score (nSPS) is 21.0. The first-order valence-electron chi connectivity index (χ1n) is 6.57. The van der Waals surface area contributed by atoms with Crippen LogP contribution in [0.3, 0.4) is 0 Å². The minimum Gasteiger partial charge on any atom is -0.485 e. The molecule has 1 N–H and O–H groups in total. The van der Waals surface area contributed by atoms with Crippen molar-refractivity contribution in [1.82, 2.24) is 0 Å². The van der Waals surface area contributed by atoms with E-state index in [-0.39, 0.29) is 17.7 Å². The van der Waals surface area contributed by atoms with Crippen molar-refractivity contribution in [3.63, 3.8) is 0 Å². The fourth-order valence-electron chi connectivity index (χ4n) is 2.52. The first-order chi connectivity index (χ1) is 10.0. The highest BCUT2D eigenvalue weighted by molar-refractivity contribution is 5.39. The lowest BCUT2D eigenvalue weighted by atomic mass is 9.94. The molecule has 2 aromatic rings. The summed E-state index contributed by atoms with van der Waals surface area (Å²) in [7, 11) is 0. The van der Waals surface area contributed by atoms with Crippen LogP contribution in [0.5, 0.6) is 5.75 Å². The molecule has 0 fully saturated rings. The van der Waals surface area contributed by atoms with Gasteiger partial charge < -0.3 is 9.84 Å². The van der Waals surface area contributed by atoms with Gasteiger partial charge in [0.05, 0.1) is 6.10 Å². The summed E-state index contributed by atoms with van der Waals surface area (Å²) < 4.78 is 44.4. The maximum absolute atomic E-state index is 13.3. The molecule has 0 aromatic heterocycles. The second-order valence-electron chi connectivity index (χ2n) is 5.01. The molecule has 1 aliphatic heterocycles. The average Bonchev–Trinajstić information content (AvgIpc) is 2.46. The average molecular weight is 294 g/mol. The number of aliphatic hydroxyl groups is 1. The zero-order valence-corrected chi connectivity index (χ0v) is 11.0.